The van der Waals surface area contributed by atoms with E-state index in [1.807, 2.05) is 13.1 Å². The predicted octanol–water partition coefficient (Wildman–Crippen LogP) is 4.87. The van der Waals surface area contributed by atoms with Crippen molar-refractivity contribution in [2.24, 2.45) is 0 Å². The summed E-state index contributed by atoms with van der Waals surface area (Å²) in [4.78, 5) is 28.5. The highest BCUT2D eigenvalue weighted by atomic mass is 16.6. The molecule has 1 heterocycles. The van der Waals surface area contributed by atoms with Gasteiger partial charge < -0.3 is 9.88 Å². The van der Waals surface area contributed by atoms with E-state index in [1.165, 1.54) is 11.6 Å². The van der Waals surface area contributed by atoms with Gasteiger partial charge in [-0.2, -0.15) is 0 Å². The van der Waals surface area contributed by atoms with Crippen LogP contribution >= 0.6 is 0 Å². The highest BCUT2D eigenvalue weighted by Crippen LogP contribution is 2.35. The maximum Gasteiger partial charge on any atom is 0.293 e. The summed E-state index contributed by atoms with van der Waals surface area (Å²) in [6, 6.07) is 17.3. The average Bonchev–Trinajstić information content (AvgIpc) is 3.17. The number of fused-ring (bicyclic) bond motifs is 1. The fraction of sp³-hybridized carbons (Fsp3) is 0.318. The molecule has 0 atom stereocenters. The van der Waals surface area contributed by atoms with E-state index in [0.717, 1.165) is 25.7 Å². The van der Waals surface area contributed by atoms with Crippen LogP contribution in [0.2, 0.25) is 0 Å². The maximum absolute atomic E-state index is 13.0. The molecular weight excluding hydrogens is 354 g/mol. The van der Waals surface area contributed by atoms with Crippen molar-refractivity contribution in [2.75, 3.05) is 7.05 Å². The number of nitrogens with zero attached hydrogens (tertiary/aromatic N) is 2. The van der Waals surface area contributed by atoms with Gasteiger partial charge in [0.05, 0.1) is 4.92 Å². The molecule has 28 heavy (non-hydrogen) atoms. The van der Waals surface area contributed by atoms with Crippen LogP contribution in [0, 0.1) is 10.1 Å². The number of aromatic amines is 1. The Morgan fingerprint density at radius 2 is 1.79 bits per heavy atom. The Labute approximate surface area is 163 Å². The summed E-state index contributed by atoms with van der Waals surface area (Å²) in [7, 11) is 1.83. The van der Waals surface area contributed by atoms with Crippen LogP contribution in [0.5, 0.6) is 0 Å². The summed E-state index contributed by atoms with van der Waals surface area (Å²) >= 11 is 0. The van der Waals surface area contributed by atoms with Gasteiger partial charge in [0.15, 0.2) is 0 Å². The number of non-ortho nitro benzene ring substituents is 1. The number of benzene rings is 2. The molecule has 0 saturated heterocycles. The third-order valence-electron chi connectivity index (χ3n) is 5.90. The summed E-state index contributed by atoms with van der Waals surface area (Å²) in [6.07, 6.45) is 4.04. The summed E-state index contributed by atoms with van der Waals surface area (Å²) in [5, 5.41) is 11.9. The molecule has 3 aromatic rings. The molecule has 1 saturated carbocycles. The first-order valence-corrected chi connectivity index (χ1v) is 9.63. The van der Waals surface area contributed by atoms with Gasteiger partial charge in [-0.25, -0.2) is 0 Å². The van der Waals surface area contributed by atoms with Gasteiger partial charge in [0.25, 0.3) is 11.6 Å². The highest BCUT2D eigenvalue weighted by molar-refractivity contribution is 6.00. The highest BCUT2D eigenvalue weighted by Gasteiger charge is 2.28. The lowest BCUT2D eigenvalue weighted by atomic mass is 9.81. The van der Waals surface area contributed by atoms with Crippen molar-refractivity contribution in [3.63, 3.8) is 0 Å². The molecule has 1 N–H and O–H groups in total. The molecule has 6 heteroatoms. The quantitative estimate of drug-likeness (QED) is 0.520. The second kappa shape index (κ2) is 7.46. The van der Waals surface area contributed by atoms with Crippen molar-refractivity contribution in [2.45, 2.75) is 37.6 Å². The molecule has 4 rings (SSSR count). The molecular formula is C22H23N3O3. The first-order chi connectivity index (χ1) is 13.5. The van der Waals surface area contributed by atoms with Crippen LogP contribution < -0.4 is 0 Å². The number of para-hydroxylation sites is 1. The van der Waals surface area contributed by atoms with Gasteiger partial charge in [0.1, 0.15) is 11.2 Å². The number of nitro groups is 1. The summed E-state index contributed by atoms with van der Waals surface area (Å²) in [5.41, 5.74) is 2.16. The molecule has 2 aromatic carbocycles. The van der Waals surface area contributed by atoms with Gasteiger partial charge in [0, 0.05) is 24.5 Å². The Kier molecular flexibility index (Phi) is 4.86. The monoisotopic (exact) mass is 377 g/mol. The van der Waals surface area contributed by atoms with Crippen LogP contribution in [-0.2, 0) is 0 Å². The molecule has 144 valence electrons. The first kappa shape index (κ1) is 18.2. The minimum Gasteiger partial charge on any atom is -0.345 e. The van der Waals surface area contributed by atoms with E-state index < -0.39 is 4.92 Å². The topological polar surface area (TPSA) is 79.2 Å². The third kappa shape index (κ3) is 3.38. The molecule has 1 aromatic heterocycles. The van der Waals surface area contributed by atoms with E-state index in [-0.39, 0.29) is 17.6 Å². The number of nitrogens with one attached hydrogen (secondary N) is 1. The minimum atomic E-state index is -0.429. The molecule has 0 bridgehead atoms. The van der Waals surface area contributed by atoms with E-state index in [9.17, 15) is 14.9 Å². The molecule has 0 aliphatic heterocycles. The Balaban J connectivity index is 1.48. The van der Waals surface area contributed by atoms with E-state index in [0.29, 0.717) is 22.5 Å². The average molecular weight is 377 g/mol. The number of aromatic nitrogens is 1. The number of hydrogen-bond donors (Lipinski definition) is 1. The zero-order chi connectivity index (χ0) is 19.7. The van der Waals surface area contributed by atoms with Crippen LogP contribution in [0.25, 0.3) is 10.9 Å². The molecule has 0 radical (unpaired) electrons. The van der Waals surface area contributed by atoms with Crippen molar-refractivity contribution in [1.29, 1.82) is 0 Å². The number of carbonyl (C=O) groups is 1. The fourth-order valence-corrected chi connectivity index (χ4v) is 4.29. The zero-order valence-electron chi connectivity index (χ0n) is 15.8. The van der Waals surface area contributed by atoms with Crippen LogP contribution in [0.15, 0.2) is 54.6 Å². The van der Waals surface area contributed by atoms with Crippen molar-refractivity contribution in [3.05, 3.63) is 76.0 Å². The molecule has 0 spiro atoms. The molecule has 6 nitrogen and oxygen atoms in total. The number of hydrogen-bond acceptors (Lipinski definition) is 3. The van der Waals surface area contributed by atoms with Gasteiger partial charge in [-0.3, -0.25) is 14.9 Å². The third-order valence-corrected chi connectivity index (χ3v) is 5.90. The Hall–Kier alpha value is -3.15. The minimum absolute atomic E-state index is 0.0115. The summed E-state index contributed by atoms with van der Waals surface area (Å²) in [6.45, 7) is 0. The number of amides is 1. The Morgan fingerprint density at radius 3 is 2.46 bits per heavy atom. The second-order valence-corrected chi connectivity index (χ2v) is 7.51. The Morgan fingerprint density at radius 1 is 1.07 bits per heavy atom. The van der Waals surface area contributed by atoms with Crippen molar-refractivity contribution < 1.29 is 9.72 Å². The van der Waals surface area contributed by atoms with E-state index in [4.69, 9.17) is 0 Å². The summed E-state index contributed by atoms with van der Waals surface area (Å²) in [5.74, 6) is 0.435. The largest absolute Gasteiger partial charge is 0.345 e. The van der Waals surface area contributed by atoms with Gasteiger partial charge in [-0.05, 0) is 43.2 Å². The Bertz CT molecular complexity index is 1000. The van der Waals surface area contributed by atoms with Gasteiger partial charge in [0.2, 0.25) is 0 Å². The van der Waals surface area contributed by atoms with Gasteiger partial charge in [-0.1, -0.05) is 42.5 Å². The second-order valence-electron chi connectivity index (χ2n) is 7.51. The van der Waals surface area contributed by atoms with Crippen LogP contribution in [0.4, 0.5) is 5.69 Å². The zero-order valence-corrected chi connectivity index (χ0v) is 15.8. The van der Waals surface area contributed by atoms with E-state index in [2.05, 4.69) is 29.2 Å². The summed E-state index contributed by atoms with van der Waals surface area (Å²) < 4.78 is 0. The van der Waals surface area contributed by atoms with E-state index in [1.54, 1.807) is 23.1 Å². The number of rotatable bonds is 4. The lowest BCUT2D eigenvalue weighted by Gasteiger charge is -2.34. The molecule has 1 amide bonds. The first-order valence-electron chi connectivity index (χ1n) is 9.63. The molecule has 1 aliphatic rings. The smallest absolute Gasteiger partial charge is 0.293 e. The van der Waals surface area contributed by atoms with E-state index >= 15 is 0 Å². The maximum atomic E-state index is 13.0. The van der Waals surface area contributed by atoms with Crippen molar-refractivity contribution in [3.8, 4) is 0 Å². The lowest BCUT2D eigenvalue weighted by Crippen LogP contribution is -2.39. The van der Waals surface area contributed by atoms with Crippen LogP contribution in [0.1, 0.15) is 47.7 Å². The van der Waals surface area contributed by atoms with Gasteiger partial charge in [-0.15, -0.1) is 0 Å². The number of H-pyrrole nitrogens is 1. The number of carbonyl (C=O) groups excluding carboxylic acids is 1. The van der Waals surface area contributed by atoms with Crippen LogP contribution in [0.3, 0.4) is 0 Å². The van der Waals surface area contributed by atoms with Crippen molar-refractivity contribution >= 4 is 22.5 Å². The predicted molar refractivity (Wildman–Crippen MR) is 108 cm³/mol. The standard InChI is InChI=1S/C22H23N3O3/c1-24(18-12-10-16(11-13-18)15-6-3-2-4-7-15)22(26)19-14-17-8-5-9-20(25(27)28)21(17)23-19/h2-9,14,16,18,23H,10-13H2,1H3. The molecule has 1 aliphatic carbocycles. The van der Waals surface area contributed by atoms with Gasteiger partial charge >= 0.3 is 0 Å². The normalized spacial score (nSPS) is 19.5. The number of nitro benzene ring substituents is 1. The SMILES string of the molecule is CN(C(=O)c1cc2cccc([N+](=O)[O-])c2[nH]1)C1CCC(c2ccccc2)CC1. The molecule has 1 fully saturated rings. The fourth-order valence-electron chi connectivity index (χ4n) is 4.29. The van der Waals surface area contributed by atoms with Crippen molar-refractivity contribution in [1.82, 2.24) is 9.88 Å². The van der Waals surface area contributed by atoms with Crippen LogP contribution in [-0.4, -0.2) is 33.8 Å². The molecule has 0 unspecified atom stereocenters. The lowest BCUT2D eigenvalue weighted by molar-refractivity contribution is -0.383.